The van der Waals surface area contributed by atoms with Gasteiger partial charge in [0.05, 0.1) is 5.41 Å². The topological polar surface area (TPSA) is 66.6 Å². The SMILES string of the molecule is CC(C)(C(=O)N1CCN(C(=O)c2ccc(N)cc2)CC1)c1ccccc1. The summed E-state index contributed by atoms with van der Waals surface area (Å²) >= 11 is 0. The molecule has 0 radical (unpaired) electrons. The Morgan fingerprint density at radius 1 is 0.846 bits per heavy atom. The number of amides is 2. The molecule has 2 N–H and O–H groups in total. The van der Waals surface area contributed by atoms with Gasteiger partial charge in [0.15, 0.2) is 0 Å². The van der Waals surface area contributed by atoms with Gasteiger partial charge in [0, 0.05) is 37.4 Å². The van der Waals surface area contributed by atoms with E-state index in [1.807, 2.05) is 49.1 Å². The summed E-state index contributed by atoms with van der Waals surface area (Å²) in [4.78, 5) is 29.3. The van der Waals surface area contributed by atoms with Crippen LogP contribution in [0.5, 0.6) is 0 Å². The molecule has 136 valence electrons. The number of nitrogen functional groups attached to an aromatic ring is 1. The van der Waals surface area contributed by atoms with E-state index in [9.17, 15) is 9.59 Å². The van der Waals surface area contributed by atoms with E-state index in [1.165, 1.54) is 0 Å². The van der Waals surface area contributed by atoms with Gasteiger partial charge in [-0.2, -0.15) is 0 Å². The molecule has 0 aromatic heterocycles. The Morgan fingerprint density at radius 2 is 1.38 bits per heavy atom. The highest BCUT2D eigenvalue weighted by Crippen LogP contribution is 2.26. The Bertz CT molecular complexity index is 777. The molecule has 1 aliphatic heterocycles. The highest BCUT2D eigenvalue weighted by Gasteiger charge is 2.35. The van der Waals surface area contributed by atoms with Crippen LogP contribution in [0.25, 0.3) is 0 Å². The molecule has 0 unspecified atom stereocenters. The Hall–Kier alpha value is -2.82. The first-order chi connectivity index (χ1) is 12.4. The minimum absolute atomic E-state index is 0.0144. The molecule has 0 spiro atoms. The number of hydrogen-bond donors (Lipinski definition) is 1. The van der Waals surface area contributed by atoms with Crippen molar-refractivity contribution in [3.8, 4) is 0 Å². The molecule has 0 bridgehead atoms. The molecule has 2 aromatic carbocycles. The second kappa shape index (κ2) is 7.20. The lowest BCUT2D eigenvalue weighted by atomic mass is 9.83. The van der Waals surface area contributed by atoms with Crippen molar-refractivity contribution in [2.24, 2.45) is 0 Å². The zero-order chi connectivity index (χ0) is 18.7. The fraction of sp³-hybridized carbons (Fsp3) is 0.333. The van der Waals surface area contributed by atoms with Gasteiger partial charge in [-0.05, 0) is 43.7 Å². The first-order valence-electron chi connectivity index (χ1n) is 8.89. The first-order valence-corrected chi connectivity index (χ1v) is 8.89. The molecule has 1 heterocycles. The van der Waals surface area contributed by atoms with E-state index >= 15 is 0 Å². The lowest BCUT2D eigenvalue weighted by Gasteiger charge is -2.38. The monoisotopic (exact) mass is 351 g/mol. The molecule has 2 amide bonds. The molecule has 1 aliphatic rings. The molecule has 5 nitrogen and oxygen atoms in total. The number of carbonyl (C=O) groups excluding carboxylic acids is 2. The van der Waals surface area contributed by atoms with Crippen molar-refractivity contribution in [3.63, 3.8) is 0 Å². The van der Waals surface area contributed by atoms with E-state index < -0.39 is 5.41 Å². The number of nitrogens with zero attached hydrogens (tertiary/aromatic N) is 2. The Kier molecular flexibility index (Phi) is 4.98. The van der Waals surface area contributed by atoms with Crippen molar-refractivity contribution < 1.29 is 9.59 Å². The number of piperazine rings is 1. The van der Waals surface area contributed by atoms with Gasteiger partial charge >= 0.3 is 0 Å². The van der Waals surface area contributed by atoms with Gasteiger partial charge in [-0.15, -0.1) is 0 Å². The molecule has 5 heteroatoms. The second-order valence-corrected chi connectivity index (χ2v) is 7.20. The normalized spacial score (nSPS) is 15.0. The molecule has 1 saturated heterocycles. The van der Waals surface area contributed by atoms with Crippen LogP contribution in [0.4, 0.5) is 5.69 Å². The zero-order valence-electron chi connectivity index (χ0n) is 15.3. The first kappa shape index (κ1) is 18.0. The molecule has 2 aromatic rings. The molecular formula is C21H25N3O2. The van der Waals surface area contributed by atoms with Crippen LogP contribution >= 0.6 is 0 Å². The molecule has 0 atom stereocenters. The number of anilines is 1. The summed E-state index contributed by atoms with van der Waals surface area (Å²) in [6.07, 6.45) is 0. The van der Waals surface area contributed by atoms with Crippen LogP contribution in [0.2, 0.25) is 0 Å². The summed E-state index contributed by atoms with van der Waals surface area (Å²) in [5, 5.41) is 0. The number of rotatable bonds is 3. The standard InChI is InChI=1S/C21H25N3O2/c1-21(2,17-6-4-3-5-7-17)20(26)24-14-12-23(13-15-24)19(25)16-8-10-18(22)11-9-16/h3-11H,12-15,22H2,1-2H3. The minimum atomic E-state index is -0.579. The predicted molar refractivity (Wildman–Crippen MR) is 103 cm³/mol. The van der Waals surface area contributed by atoms with Crippen molar-refractivity contribution in [1.29, 1.82) is 0 Å². The molecule has 0 saturated carbocycles. The summed E-state index contributed by atoms with van der Waals surface area (Å²) in [7, 11) is 0. The summed E-state index contributed by atoms with van der Waals surface area (Å²) < 4.78 is 0. The van der Waals surface area contributed by atoms with Crippen LogP contribution in [0.15, 0.2) is 54.6 Å². The van der Waals surface area contributed by atoms with Crippen molar-refractivity contribution in [1.82, 2.24) is 9.80 Å². The summed E-state index contributed by atoms with van der Waals surface area (Å²) in [5.41, 5.74) is 7.37. The summed E-state index contributed by atoms with van der Waals surface area (Å²) in [5.74, 6) is 0.0858. The van der Waals surface area contributed by atoms with E-state index in [0.29, 0.717) is 37.4 Å². The van der Waals surface area contributed by atoms with Gasteiger partial charge in [-0.1, -0.05) is 30.3 Å². The number of nitrogens with two attached hydrogens (primary N) is 1. The van der Waals surface area contributed by atoms with Gasteiger partial charge < -0.3 is 15.5 Å². The van der Waals surface area contributed by atoms with E-state index in [4.69, 9.17) is 5.73 Å². The Balaban J connectivity index is 1.64. The molecule has 0 aliphatic carbocycles. The molecular weight excluding hydrogens is 326 g/mol. The summed E-state index contributed by atoms with van der Waals surface area (Å²) in [6.45, 7) is 6.10. The van der Waals surface area contributed by atoms with Crippen LogP contribution < -0.4 is 5.73 Å². The van der Waals surface area contributed by atoms with E-state index in [1.54, 1.807) is 29.2 Å². The largest absolute Gasteiger partial charge is 0.399 e. The number of carbonyl (C=O) groups is 2. The van der Waals surface area contributed by atoms with E-state index in [0.717, 1.165) is 5.56 Å². The number of benzene rings is 2. The van der Waals surface area contributed by atoms with Gasteiger partial charge in [0.25, 0.3) is 5.91 Å². The van der Waals surface area contributed by atoms with Gasteiger partial charge in [-0.25, -0.2) is 0 Å². The van der Waals surface area contributed by atoms with Crippen molar-refractivity contribution in [3.05, 3.63) is 65.7 Å². The number of hydrogen-bond acceptors (Lipinski definition) is 3. The van der Waals surface area contributed by atoms with E-state index in [-0.39, 0.29) is 11.8 Å². The maximum atomic E-state index is 13.0. The molecule has 3 rings (SSSR count). The van der Waals surface area contributed by atoms with Crippen molar-refractivity contribution in [2.75, 3.05) is 31.9 Å². The van der Waals surface area contributed by atoms with Crippen LogP contribution in [0, 0.1) is 0 Å². The summed E-state index contributed by atoms with van der Waals surface area (Å²) in [6, 6.07) is 16.8. The lowest BCUT2D eigenvalue weighted by Crippen LogP contribution is -2.54. The second-order valence-electron chi connectivity index (χ2n) is 7.20. The van der Waals surface area contributed by atoms with Crippen molar-refractivity contribution in [2.45, 2.75) is 19.3 Å². The van der Waals surface area contributed by atoms with Gasteiger partial charge in [-0.3, -0.25) is 9.59 Å². The minimum Gasteiger partial charge on any atom is -0.399 e. The highest BCUT2D eigenvalue weighted by atomic mass is 16.2. The third kappa shape index (κ3) is 3.57. The van der Waals surface area contributed by atoms with Crippen LogP contribution in [0.1, 0.15) is 29.8 Å². The average molecular weight is 351 g/mol. The predicted octanol–water partition coefficient (Wildman–Crippen LogP) is 2.53. The van der Waals surface area contributed by atoms with Crippen LogP contribution in [0.3, 0.4) is 0 Å². The molecule has 1 fully saturated rings. The smallest absolute Gasteiger partial charge is 0.253 e. The van der Waals surface area contributed by atoms with Gasteiger partial charge in [0.1, 0.15) is 0 Å². The third-order valence-corrected chi connectivity index (χ3v) is 5.04. The van der Waals surface area contributed by atoms with Gasteiger partial charge in [0.2, 0.25) is 5.91 Å². The third-order valence-electron chi connectivity index (χ3n) is 5.04. The van der Waals surface area contributed by atoms with Crippen molar-refractivity contribution >= 4 is 17.5 Å². The Labute approximate surface area is 154 Å². The zero-order valence-corrected chi connectivity index (χ0v) is 15.3. The average Bonchev–Trinajstić information content (AvgIpc) is 2.68. The fourth-order valence-corrected chi connectivity index (χ4v) is 3.29. The lowest BCUT2D eigenvalue weighted by molar-refractivity contribution is -0.137. The molecule has 26 heavy (non-hydrogen) atoms. The fourth-order valence-electron chi connectivity index (χ4n) is 3.29. The maximum Gasteiger partial charge on any atom is 0.253 e. The maximum absolute atomic E-state index is 13.0. The van der Waals surface area contributed by atoms with E-state index in [2.05, 4.69) is 0 Å². The quantitative estimate of drug-likeness (QED) is 0.864. The Morgan fingerprint density at radius 3 is 1.96 bits per heavy atom. The highest BCUT2D eigenvalue weighted by molar-refractivity contribution is 5.95. The van der Waals surface area contributed by atoms with Crippen LogP contribution in [-0.4, -0.2) is 47.8 Å². The van der Waals surface area contributed by atoms with Crippen LogP contribution in [-0.2, 0) is 10.2 Å².